The maximum Gasteiger partial charge on any atom is 0.0485 e. The average Bonchev–Trinajstić information content (AvgIpc) is 2.33. The van der Waals surface area contributed by atoms with Crippen LogP contribution < -0.4 is 5.73 Å². The Bertz CT molecular complexity index is 322. The summed E-state index contributed by atoms with van der Waals surface area (Å²) in [6, 6.07) is 8.25. The summed E-state index contributed by atoms with van der Waals surface area (Å²) in [4.78, 5) is 2.43. The maximum atomic E-state index is 6.26. The van der Waals surface area contributed by atoms with Gasteiger partial charge in [0, 0.05) is 17.6 Å². The van der Waals surface area contributed by atoms with E-state index < -0.39 is 0 Å². The van der Waals surface area contributed by atoms with E-state index in [4.69, 9.17) is 17.3 Å². The van der Waals surface area contributed by atoms with E-state index in [0.29, 0.717) is 6.54 Å². The molecule has 1 rings (SSSR count). The first-order chi connectivity index (χ1) is 8.24. The van der Waals surface area contributed by atoms with E-state index in [1.54, 1.807) is 0 Å². The minimum Gasteiger partial charge on any atom is -0.329 e. The summed E-state index contributed by atoms with van der Waals surface area (Å²) in [7, 11) is 0. The molecule has 17 heavy (non-hydrogen) atoms. The lowest BCUT2D eigenvalue weighted by atomic mass is 10.0. The van der Waals surface area contributed by atoms with Crippen molar-refractivity contribution in [2.24, 2.45) is 5.73 Å². The second-order valence-electron chi connectivity index (χ2n) is 4.31. The highest BCUT2D eigenvalue weighted by Crippen LogP contribution is 2.27. The van der Waals surface area contributed by atoms with Crippen molar-refractivity contribution < 1.29 is 0 Å². The van der Waals surface area contributed by atoms with Crippen molar-refractivity contribution in [3.8, 4) is 0 Å². The van der Waals surface area contributed by atoms with Crippen molar-refractivity contribution in [1.82, 2.24) is 4.90 Å². The Hall–Kier alpha value is -0.570. The van der Waals surface area contributed by atoms with Crippen molar-refractivity contribution >= 4 is 11.6 Å². The third kappa shape index (κ3) is 3.98. The molecule has 0 bridgehead atoms. The van der Waals surface area contributed by atoms with Gasteiger partial charge in [0.05, 0.1) is 0 Å². The zero-order valence-electron chi connectivity index (χ0n) is 10.8. The van der Waals surface area contributed by atoms with E-state index >= 15 is 0 Å². The molecular formula is C14H23ClN2. The first-order valence-electron chi connectivity index (χ1n) is 6.43. The van der Waals surface area contributed by atoms with Gasteiger partial charge in [-0.25, -0.2) is 0 Å². The first kappa shape index (κ1) is 14.5. The van der Waals surface area contributed by atoms with Crippen LogP contribution in [0.3, 0.4) is 0 Å². The summed E-state index contributed by atoms with van der Waals surface area (Å²) in [5, 5.41) is 0.820. The van der Waals surface area contributed by atoms with Crippen molar-refractivity contribution in [2.75, 3.05) is 19.6 Å². The number of nitrogens with two attached hydrogens (primary N) is 1. The Labute approximate surface area is 110 Å². The topological polar surface area (TPSA) is 29.3 Å². The molecule has 0 spiro atoms. The van der Waals surface area contributed by atoms with Gasteiger partial charge in [0.15, 0.2) is 0 Å². The molecule has 0 amide bonds. The molecular weight excluding hydrogens is 232 g/mol. The number of halogens is 1. The molecule has 0 aliphatic heterocycles. The minimum absolute atomic E-state index is 0.239. The maximum absolute atomic E-state index is 6.26. The first-order valence-corrected chi connectivity index (χ1v) is 6.80. The van der Waals surface area contributed by atoms with Crippen LogP contribution in [0.4, 0.5) is 0 Å². The van der Waals surface area contributed by atoms with E-state index in [0.717, 1.165) is 36.5 Å². The molecule has 1 unspecified atom stereocenters. The predicted octanol–water partition coefficient (Wildman–Crippen LogP) is 3.46. The van der Waals surface area contributed by atoms with E-state index in [1.807, 2.05) is 18.2 Å². The van der Waals surface area contributed by atoms with Crippen LogP contribution in [0.15, 0.2) is 24.3 Å². The summed E-state index contributed by atoms with van der Waals surface area (Å²) in [5.41, 5.74) is 7.09. The largest absolute Gasteiger partial charge is 0.329 e. The molecule has 1 atom stereocenters. The van der Waals surface area contributed by atoms with Crippen molar-refractivity contribution in [3.63, 3.8) is 0 Å². The van der Waals surface area contributed by atoms with Crippen LogP contribution >= 0.6 is 11.6 Å². The van der Waals surface area contributed by atoms with Gasteiger partial charge in [0.1, 0.15) is 0 Å². The fraction of sp³-hybridized carbons (Fsp3) is 0.571. The summed E-state index contributed by atoms with van der Waals surface area (Å²) in [5.74, 6) is 0. The lowest BCUT2D eigenvalue weighted by Crippen LogP contribution is -2.35. The molecule has 0 fully saturated rings. The highest BCUT2D eigenvalue weighted by Gasteiger charge is 2.19. The number of rotatable bonds is 7. The molecule has 0 radical (unpaired) electrons. The van der Waals surface area contributed by atoms with Gasteiger partial charge in [-0.3, -0.25) is 4.90 Å². The van der Waals surface area contributed by atoms with Crippen LogP contribution in [0.5, 0.6) is 0 Å². The number of hydrogen-bond donors (Lipinski definition) is 1. The van der Waals surface area contributed by atoms with Crippen LogP contribution in [-0.2, 0) is 0 Å². The molecule has 0 aliphatic carbocycles. The van der Waals surface area contributed by atoms with Crippen LogP contribution in [0, 0.1) is 0 Å². The fourth-order valence-electron chi connectivity index (χ4n) is 2.22. The van der Waals surface area contributed by atoms with E-state index in [1.165, 1.54) is 0 Å². The monoisotopic (exact) mass is 254 g/mol. The van der Waals surface area contributed by atoms with Gasteiger partial charge in [-0.2, -0.15) is 0 Å². The van der Waals surface area contributed by atoms with Crippen LogP contribution in [0.1, 0.15) is 38.3 Å². The van der Waals surface area contributed by atoms with E-state index in [2.05, 4.69) is 24.8 Å². The van der Waals surface area contributed by atoms with E-state index in [-0.39, 0.29) is 6.04 Å². The minimum atomic E-state index is 0.239. The highest BCUT2D eigenvalue weighted by molar-refractivity contribution is 6.31. The molecule has 0 saturated carbocycles. The van der Waals surface area contributed by atoms with Crippen molar-refractivity contribution in [2.45, 2.75) is 32.7 Å². The molecule has 1 aromatic carbocycles. The molecule has 3 heteroatoms. The van der Waals surface area contributed by atoms with Gasteiger partial charge >= 0.3 is 0 Å². The Morgan fingerprint density at radius 3 is 2.24 bits per heavy atom. The number of nitrogens with zero attached hydrogens (tertiary/aromatic N) is 1. The average molecular weight is 255 g/mol. The molecule has 0 heterocycles. The third-order valence-electron chi connectivity index (χ3n) is 2.95. The summed E-state index contributed by atoms with van der Waals surface area (Å²) in [6.07, 6.45) is 2.28. The molecule has 0 saturated heterocycles. The van der Waals surface area contributed by atoms with Crippen molar-refractivity contribution in [3.05, 3.63) is 34.9 Å². The van der Waals surface area contributed by atoms with Gasteiger partial charge in [-0.1, -0.05) is 43.6 Å². The van der Waals surface area contributed by atoms with Gasteiger partial charge < -0.3 is 5.73 Å². The van der Waals surface area contributed by atoms with Gasteiger partial charge in [-0.05, 0) is 37.6 Å². The normalized spacial score (nSPS) is 13.0. The summed E-state index contributed by atoms with van der Waals surface area (Å²) >= 11 is 6.26. The molecule has 96 valence electrons. The third-order valence-corrected chi connectivity index (χ3v) is 3.29. The van der Waals surface area contributed by atoms with Gasteiger partial charge in [0.2, 0.25) is 0 Å². The predicted molar refractivity (Wildman–Crippen MR) is 75.4 cm³/mol. The highest BCUT2D eigenvalue weighted by atomic mass is 35.5. The quantitative estimate of drug-likeness (QED) is 0.808. The second-order valence-corrected chi connectivity index (χ2v) is 4.72. The van der Waals surface area contributed by atoms with Crippen molar-refractivity contribution in [1.29, 1.82) is 0 Å². The Morgan fingerprint density at radius 1 is 1.18 bits per heavy atom. The van der Waals surface area contributed by atoms with Crippen LogP contribution in [0.2, 0.25) is 5.02 Å². The smallest absolute Gasteiger partial charge is 0.0485 e. The zero-order chi connectivity index (χ0) is 12.7. The van der Waals surface area contributed by atoms with Crippen LogP contribution in [0.25, 0.3) is 0 Å². The van der Waals surface area contributed by atoms with Gasteiger partial charge in [-0.15, -0.1) is 0 Å². The Balaban J connectivity index is 2.91. The Kier molecular flexibility index (Phi) is 6.56. The molecule has 2 nitrogen and oxygen atoms in total. The molecule has 0 aromatic heterocycles. The molecule has 0 aliphatic rings. The van der Waals surface area contributed by atoms with Gasteiger partial charge in [0.25, 0.3) is 0 Å². The standard InChI is InChI=1S/C14H23ClN2/c1-3-9-17(10-4-2)14(11-16)12-7-5-6-8-13(12)15/h5-8,14H,3-4,9-11,16H2,1-2H3. The summed E-state index contributed by atoms with van der Waals surface area (Å²) in [6.45, 7) is 7.15. The SMILES string of the molecule is CCCN(CCC)C(CN)c1ccccc1Cl. The second kappa shape index (κ2) is 7.70. The molecule has 2 N–H and O–H groups in total. The number of benzene rings is 1. The molecule has 1 aromatic rings. The Morgan fingerprint density at radius 2 is 1.76 bits per heavy atom. The van der Waals surface area contributed by atoms with Crippen LogP contribution in [-0.4, -0.2) is 24.5 Å². The lowest BCUT2D eigenvalue weighted by Gasteiger charge is -2.31. The number of hydrogen-bond acceptors (Lipinski definition) is 2. The lowest BCUT2D eigenvalue weighted by molar-refractivity contribution is 0.202. The zero-order valence-corrected chi connectivity index (χ0v) is 11.6. The fourth-order valence-corrected chi connectivity index (χ4v) is 2.48. The van der Waals surface area contributed by atoms with E-state index in [9.17, 15) is 0 Å². The summed E-state index contributed by atoms with van der Waals surface area (Å²) < 4.78 is 0.